The maximum absolute atomic E-state index is 12.3. The van der Waals surface area contributed by atoms with Crippen LogP contribution in [0.15, 0.2) is 46.2 Å². The van der Waals surface area contributed by atoms with Crippen LogP contribution in [0.25, 0.3) is 11.0 Å². The third-order valence-electron chi connectivity index (χ3n) is 4.24. The van der Waals surface area contributed by atoms with Gasteiger partial charge < -0.3 is 9.72 Å². The number of H-pyrrole nitrogens is 1. The van der Waals surface area contributed by atoms with Crippen LogP contribution in [-0.2, 0) is 5.75 Å². The quantitative estimate of drug-likeness (QED) is 0.677. The summed E-state index contributed by atoms with van der Waals surface area (Å²) in [5.41, 5.74) is 4.97. The molecule has 1 aromatic heterocycles. The highest BCUT2D eigenvalue weighted by atomic mass is 32.2. The Morgan fingerprint density at radius 2 is 2.00 bits per heavy atom. The molecule has 3 aromatic rings. The fraction of sp³-hybridized carbons (Fsp3) is 0.300. The zero-order chi connectivity index (χ0) is 18.0. The Kier molecular flexibility index (Phi) is 5.13. The van der Waals surface area contributed by atoms with Crippen LogP contribution in [0.1, 0.15) is 36.5 Å². The van der Waals surface area contributed by atoms with Crippen molar-refractivity contribution in [2.24, 2.45) is 0 Å². The number of methoxy groups -OCH3 is 1. The van der Waals surface area contributed by atoms with Gasteiger partial charge in [-0.2, -0.15) is 0 Å². The first-order valence-corrected chi connectivity index (χ1v) is 9.27. The van der Waals surface area contributed by atoms with Crippen LogP contribution in [0.4, 0.5) is 0 Å². The first-order valence-electron chi connectivity index (χ1n) is 8.29. The average Bonchev–Trinajstić information content (AvgIpc) is 2.60. The van der Waals surface area contributed by atoms with Gasteiger partial charge in [0.05, 0.1) is 18.1 Å². The normalized spacial score (nSPS) is 11.2. The lowest BCUT2D eigenvalue weighted by Crippen LogP contribution is -2.10. The number of ether oxygens (including phenoxy) is 1. The minimum absolute atomic E-state index is 0.140. The molecule has 0 fully saturated rings. The van der Waals surface area contributed by atoms with Crippen molar-refractivity contribution in [3.8, 4) is 5.75 Å². The number of thioether (sulfide) groups is 1. The molecule has 0 saturated heterocycles. The number of hydrogen-bond donors (Lipinski definition) is 1. The van der Waals surface area contributed by atoms with E-state index >= 15 is 0 Å². The van der Waals surface area contributed by atoms with Crippen molar-refractivity contribution in [1.82, 2.24) is 9.97 Å². The van der Waals surface area contributed by atoms with Crippen molar-refractivity contribution in [3.05, 3.63) is 63.4 Å². The van der Waals surface area contributed by atoms with Gasteiger partial charge in [0.25, 0.3) is 5.56 Å². The first-order chi connectivity index (χ1) is 12.0. The molecule has 130 valence electrons. The SMILES string of the molecule is COc1cc(C)c(CSc2nc3ccccc3[nH]c2=O)cc1C(C)C. The molecule has 5 heteroatoms. The molecule has 0 aliphatic heterocycles. The molecule has 0 spiro atoms. The summed E-state index contributed by atoms with van der Waals surface area (Å²) in [7, 11) is 1.70. The Labute approximate surface area is 151 Å². The molecule has 25 heavy (non-hydrogen) atoms. The van der Waals surface area contributed by atoms with E-state index in [2.05, 4.69) is 42.9 Å². The van der Waals surface area contributed by atoms with Crippen LogP contribution in [0.2, 0.25) is 0 Å². The van der Waals surface area contributed by atoms with Crippen LogP contribution in [0.5, 0.6) is 5.75 Å². The fourth-order valence-corrected chi connectivity index (χ4v) is 3.73. The van der Waals surface area contributed by atoms with Crippen molar-refractivity contribution in [2.45, 2.75) is 37.5 Å². The van der Waals surface area contributed by atoms with Gasteiger partial charge in [-0.05, 0) is 47.7 Å². The van der Waals surface area contributed by atoms with Gasteiger partial charge >= 0.3 is 0 Å². The number of hydrogen-bond acceptors (Lipinski definition) is 4. The topological polar surface area (TPSA) is 55.0 Å². The molecule has 3 rings (SSSR count). The minimum atomic E-state index is -0.140. The summed E-state index contributed by atoms with van der Waals surface area (Å²) < 4.78 is 5.50. The minimum Gasteiger partial charge on any atom is -0.496 e. The molecule has 0 aliphatic rings. The number of rotatable bonds is 5. The van der Waals surface area contributed by atoms with E-state index in [0.29, 0.717) is 16.7 Å². The smallest absolute Gasteiger partial charge is 0.280 e. The molecular weight excluding hydrogens is 332 g/mol. The van der Waals surface area contributed by atoms with Gasteiger partial charge in [0, 0.05) is 5.75 Å². The monoisotopic (exact) mass is 354 g/mol. The van der Waals surface area contributed by atoms with Crippen LogP contribution in [0.3, 0.4) is 0 Å². The van der Waals surface area contributed by atoms with Gasteiger partial charge in [0.1, 0.15) is 5.75 Å². The summed E-state index contributed by atoms with van der Waals surface area (Å²) in [5, 5.41) is 0.500. The lowest BCUT2D eigenvalue weighted by molar-refractivity contribution is 0.407. The number of para-hydroxylation sites is 2. The third kappa shape index (κ3) is 3.71. The molecule has 0 aliphatic carbocycles. The standard InChI is InChI=1S/C20H22N2O2S/c1-12(2)15-10-14(13(3)9-18(15)24-4)11-25-20-19(23)21-16-7-5-6-8-17(16)22-20/h5-10,12H,11H2,1-4H3,(H,21,23). The molecule has 1 N–H and O–H groups in total. The van der Waals surface area contributed by atoms with Gasteiger partial charge in [0.15, 0.2) is 5.03 Å². The van der Waals surface area contributed by atoms with E-state index < -0.39 is 0 Å². The second-order valence-corrected chi connectivity index (χ2v) is 7.32. The third-order valence-corrected chi connectivity index (χ3v) is 5.25. The Hall–Kier alpha value is -2.27. The average molecular weight is 354 g/mol. The second-order valence-electron chi connectivity index (χ2n) is 6.35. The highest BCUT2D eigenvalue weighted by Crippen LogP contribution is 2.32. The molecule has 0 atom stereocenters. The molecule has 4 nitrogen and oxygen atoms in total. The Morgan fingerprint density at radius 1 is 1.24 bits per heavy atom. The van der Waals surface area contributed by atoms with Crippen LogP contribution < -0.4 is 10.3 Å². The van der Waals surface area contributed by atoms with Crippen molar-refractivity contribution in [2.75, 3.05) is 7.11 Å². The molecule has 0 radical (unpaired) electrons. The van der Waals surface area contributed by atoms with E-state index in [-0.39, 0.29) is 5.56 Å². The maximum atomic E-state index is 12.3. The van der Waals surface area contributed by atoms with Crippen molar-refractivity contribution >= 4 is 22.8 Å². The number of fused-ring (bicyclic) bond motifs is 1. The summed E-state index contributed by atoms with van der Waals surface area (Å²) in [6, 6.07) is 11.8. The van der Waals surface area contributed by atoms with Crippen molar-refractivity contribution in [3.63, 3.8) is 0 Å². The van der Waals surface area contributed by atoms with Crippen LogP contribution in [0, 0.1) is 6.92 Å². The van der Waals surface area contributed by atoms with Gasteiger partial charge in [-0.25, -0.2) is 4.98 Å². The molecule has 0 unspecified atom stereocenters. The number of aromatic amines is 1. The number of aryl methyl sites for hydroxylation is 1. The molecule has 0 saturated carbocycles. The van der Waals surface area contributed by atoms with E-state index in [1.54, 1.807) is 7.11 Å². The summed E-state index contributed by atoms with van der Waals surface area (Å²) in [4.78, 5) is 19.7. The number of benzene rings is 2. The fourth-order valence-electron chi connectivity index (χ4n) is 2.79. The van der Waals surface area contributed by atoms with E-state index in [4.69, 9.17) is 4.74 Å². The number of nitrogens with one attached hydrogen (secondary N) is 1. The molecule has 1 heterocycles. The predicted octanol–water partition coefficient (Wildman–Crippen LogP) is 4.66. The second kappa shape index (κ2) is 7.31. The van der Waals surface area contributed by atoms with Crippen molar-refractivity contribution in [1.29, 1.82) is 0 Å². The van der Waals surface area contributed by atoms with E-state index in [1.807, 2.05) is 24.3 Å². The summed E-state index contributed by atoms with van der Waals surface area (Å²) in [5.74, 6) is 1.99. The van der Waals surface area contributed by atoms with Crippen LogP contribution >= 0.6 is 11.8 Å². The lowest BCUT2D eigenvalue weighted by Gasteiger charge is -2.16. The van der Waals surface area contributed by atoms with Gasteiger partial charge in [-0.3, -0.25) is 4.79 Å². The van der Waals surface area contributed by atoms with Crippen LogP contribution in [-0.4, -0.2) is 17.1 Å². The molecular formula is C20H22N2O2S. The molecule has 2 aromatic carbocycles. The summed E-state index contributed by atoms with van der Waals surface area (Å²) in [6.45, 7) is 6.37. The zero-order valence-corrected chi connectivity index (χ0v) is 15.7. The number of aromatic nitrogens is 2. The largest absolute Gasteiger partial charge is 0.496 e. The molecule has 0 amide bonds. The number of nitrogens with zero attached hydrogens (tertiary/aromatic N) is 1. The highest BCUT2D eigenvalue weighted by molar-refractivity contribution is 7.98. The van der Waals surface area contributed by atoms with E-state index in [0.717, 1.165) is 22.3 Å². The van der Waals surface area contributed by atoms with E-state index in [1.165, 1.54) is 22.9 Å². The summed E-state index contributed by atoms with van der Waals surface area (Å²) in [6.07, 6.45) is 0. The van der Waals surface area contributed by atoms with Gasteiger partial charge in [-0.1, -0.05) is 43.8 Å². The van der Waals surface area contributed by atoms with Gasteiger partial charge in [-0.15, -0.1) is 0 Å². The lowest BCUT2D eigenvalue weighted by atomic mass is 9.97. The zero-order valence-electron chi connectivity index (χ0n) is 14.9. The molecule has 0 bridgehead atoms. The Morgan fingerprint density at radius 3 is 2.72 bits per heavy atom. The van der Waals surface area contributed by atoms with Crippen molar-refractivity contribution < 1.29 is 4.74 Å². The first kappa shape index (κ1) is 17.5. The Balaban J connectivity index is 1.90. The highest BCUT2D eigenvalue weighted by Gasteiger charge is 2.13. The maximum Gasteiger partial charge on any atom is 0.280 e. The predicted molar refractivity (Wildman–Crippen MR) is 104 cm³/mol. The summed E-state index contributed by atoms with van der Waals surface area (Å²) >= 11 is 1.47. The van der Waals surface area contributed by atoms with E-state index in [9.17, 15) is 4.79 Å². The Bertz CT molecular complexity index is 964. The van der Waals surface area contributed by atoms with Gasteiger partial charge in [0.2, 0.25) is 0 Å².